The molecule has 1 unspecified atom stereocenters. The van der Waals surface area contributed by atoms with Gasteiger partial charge in [-0.3, -0.25) is 0 Å². The third-order valence-electron chi connectivity index (χ3n) is 2.27. The van der Waals surface area contributed by atoms with Crippen molar-refractivity contribution in [2.24, 2.45) is 0 Å². The van der Waals surface area contributed by atoms with Gasteiger partial charge in [0.1, 0.15) is 11.5 Å². The molecule has 1 aromatic carbocycles. The molecule has 2 nitrogen and oxygen atoms in total. The standard InChI is InChI=1S/C12H10Br2O2/c1-15-8-4-5-9(10(13)7-8)12(14)11-3-2-6-16-11/h2-7,12H,1H3. The van der Waals surface area contributed by atoms with E-state index in [1.807, 2.05) is 30.3 Å². The van der Waals surface area contributed by atoms with E-state index in [0.29, 0.717) is 0 Å². The van der Waals surface area contributed by atoms with Crippen molar-refractivity contribution in [3.8, 4) is 5.75 Å². The SMILES string of the molecule is COc1ccc(C(Br)c2ccco2)c(Br)c1. The van der Waals surface area contributed by atoms with E-state index in [0.717, 1.165) is 21.5 Å². The topological polar surface area (TPSA) is 22.4 Å². The summed E-state index contributed by atoms with van der Waals surface area (Å²) in [7, 11) is 1.65. The van der Waals surface area contributed by atoms with Crippen LogP contribution >= 0.6 is 31.9 Å². The number of hydrogen-bond acceptors (Lipinski definition) is 2. The minimum Gasteiger partial charge on any atom is -0.497 e. The molecular formula is C12H10Br2O2. The molecule has 0 spiro atoms. The maximum Gasteiger partial charge on any atom is 0.121 e. The lowest BCUT2D eigenvalue weighted by Gasteiger charge is -2.10. The molecule has 0 aliphatic carbocycles. The zero-order chi connectivity index (χ0) is 11.5. The second-order valence-electron chi connectivity index (χ2n) is 3.27. The van der Waals surface area contributed by atoms with Crippen LogP contribution in [0.5, 0.6) is 5.75 Å². The molecule has 1 aromatic heterocycles. The second kappa shape index (κ2) is 5.06. The van der Waals surface area contributed by atoms with Crippen molar-refractivity contribution in [1.82, 2.24) is 0 Å². The normalized spacial score (nSPS) is 12.4. The van der Waals surface area contributed by atoms with Gasteiger partial charge >= 0.3 is 0 Å². The lowest BCUT2D eigenvalue weighted by Crippen LogP contribution is -1.93. The molecule has 0 bridgehead atoms. The van der Waals surface area contributed by atoms with Crippen LogP contribution in [0.15, 0.2) is 45.5 Å². The zero-order valence-electron chi connectivity index (χ0n) is 8.61. The van der Waals surface area contributed by atoms with E-state index in [4.69, 9.17) is 9.15 Å². The molecule has 1 atom stereocenters. The quantitative estimate of drug-likeness (QED) is 0.762. The Kier molecular flexibility index (Phi) is 3.71. The number of halogens is 2. The van der Waals surface area contributed by atoms with E-state index in [1.165, 1.54) is 0 Å². The van der Waals surface area contributed by atoms with Gasteiger partial charge in [0.2, 0.25) is 0 Å². The molecule has 0 aliphatic heterocycles. The summed E-state index contributed by atoms with van der Waals surface area (Å²) in [4.78, 5) is 0.0442. The third kappa shape index (κ3) is 2.33. The first-order chi connectivity index (χ1) is 7.72. The van der Waals surface area contributed by atoms with Crippen LogP contribution in [0.25, 0.3) is 0 Å². The zero-order valence-corrected chi connectivity index (χ0v) is 11.8. The van der Waals surface area contributed by atoms with Crippen molar-refractivity contribution in [3.63, 3.8) is 0 Å². The summed E-state index contributed by atoms with van der Waals surface area (Å²) in [5.41, 5.74) is 1.11. The Morgan fingerprint density at radius 2 is 2.12 bits per heavy atom. The molecule has 16 heavy (non-hydrogen) atoms. The fourth-order valence-corrected chi connectivity index (χ4v) is 2.98. The van der Waals surface area contributed by atoms with Crippen LogP contribution in [0, 0.1) is 0 Å². The Balaban J connectivity index is 2.34. The minimum absolute atomic E-state index is 0.0442. The summed E-state index contributed by atoms with van der Waals surface area (Å²) >= 11 is 7.13. The Morgan fingerprint density at radius 1 is 1.31 bits per heavy atom. The molecule has 0 aliphatic rings. The largest absolute Gasteiger partial charge is 0.497 e. The molecule has 0 saturated carbocycles. The Labute approximate surface area is 111 Å². The average molecular weight is 346 g/mol. The first-order valence-electron chi connectivity index (χ1n) is 4.73. The van der Waals surface area contributed by atoms with Gasteiger partial charge in [-0.05, 0) is 29.8 Å². The van der Waals surface area contributed by atoms with Gasteiger partial charge in [0.25, 0.3) is 0 Å². The van der Waals surface area contributed by atoms with Crippen LogP contribution in [-0.2, 0) is 0 Å². The minimum atomic E-state index is 0.0442. The van der Waals surface area contributed by atoms with Crippen molar-refractivity contribution in [3.05, 3.63) is 52.4 Å². The van der Waals surface area contributed by atoms with Crippen molar-refractivity contribution in [1.29, 1.82) is 0 Å². The first kappa shape index (κ1) is 11.7. The second-order valence-corrected chi connectivity index (χ2v) is 5.04. The summed E-state index contributed by atoms with van der Waals surface area (Å²) in [5.74, 6) is 1.71. The third-order valence-corrected chi connectivity index (χ3v) is 3.90. The Hall–Kier alpha value is -0.740. The highest BCUT2D eigenvalue weighted by Gasteiger charge is 2.16. The highest BCUT2D eigenvalue weighted by molar-refractivity contribution is 9.11. The molecule has 84 valence electrons. The number of methoxy groups -OCH3 is 1. The molecule has 0 saturated heterocycles. The number of alkyl halides is 1. The van der Waals surface area contributed by atoms with E-state index in [9.17, 15) is 0 Å². The fourth-order valence-electron chi connectivity index (χ4n) is 1.43. The maximum atomic E-state index is 5.36. The number of hydrogen-bond donors (Lipinski definition) is 0. The predicted octanol–water partition coefficient (Wildman–Crippen LogP) is 4.54. The van der Waals surface area contributed by atoms with Crippen molar-refractivity contribution >= 4 is 31.9 Å². The molecule has 1 heterocycles. The molecule has 0 fully saturated rings. The lowest BCUT2D eigenvalue weighted by atomic mass is 10.1. The smallest absolute Gasteiger partial charge is 0.121 e. The number of ether oxygens (including phenoxy) is 1. The van der Waals surface area contributed by atoms with Gasteiger partial charge in [0.15, 0.2) is 0 Å². The highest BCUT2D eigenvalue weighted by Crippen LogP contribution is 2.36. The predicted molar refractivity (Wildman–Crippen MR) is 70.2 cm³/mol. The van der Waals surface area contributed by atoms with E-state index in [1.54, 1.807) is 13.4 Å². The summed E-state index contributed by atoms with van der Waals surface area (Å²) < 4.78 is 11.5. The number of benzene rings is 1. The van der Waals surface area contributed by atoms with Crippen LogP contribution < -0.4 is 4.74 Å². The Bertz CT molecular complexity index is 466. The molecule has 4 heteroatoms. The van der Waals surface area contributed by atoms with Crippen molar-refractivity contribution < 1.29 is 9.15 Å². The molecule has 2 aromatic rings. The van der Waals surface area contributed by atoms with Gasteiger partial charge < -0.3 is 9.15 Å². The van der Waals surface area contributed by atoms with E-state index >= 15 is 0 Å². The fraction of sp³-hybridized carbons (Fsp3) is 0.167. The van der Waals surface area contributed by atoms with Crippen molar-refractivity contribution in [2.75, 3.05) is 7.11 Å². The van der Waals surface area contributed by atoms with Gasteiger partial charge in [-0.25, -0.2) is 0 Å². The first-order valence-corrected chi connectivity index (χ1v) is 6.44. The van der Waals surface area contributed by atoms with E-state index in [-0.39, 0.29) is 4.83 Å². The average Bonchev–Trinajstić information content (AvgIpc) is 2.81. The van der Waals surface area contributed by atoms with Crippen LogP contribution in [0.4, 0.5) is 0 Å². The van der Waals surface area contributed by atoms with Crippen LogP contribution in [0.1, 0.15) is 16.2 Å². The number of rotatable bonds is 3. The summed E-state index contributed by atoms with van der Waals surface area (Å²) in [6.45, 7) is 0. The van der Waals surface area contributed by atoms with Gasteiger partial charge in [-0.1, -0.05) is 37.9 Å². The van der Waals surface area contributed by atoms with E-state index in [2.05, 4.69) is 31.9 Å². The van der Waals surface area contributed by atoms with Crippen LogP contribution in [0.3, 0.4) is 0 Å². The van der Waals surface area contributed by atoms with Crippen LogP contribution in [0.2, 0.25) is 0 Å². The summed E-state index contributed by atoms with van der Waals surface area (Å²) in [5, 5.41) is 0. The molecule has 0 amide bonds. The maximum absolute atomic E-state index is 5.36. The molecular weight excluding hydrogens is 336 g/mol. The summed E-state index contributed by atoms with van der Waals surface area (Å²) in [6, 6.07) is 9.69. The van der Waals surface area contributed by atoms with Gasteiger partial charge in [-0.2, -0.15) is 0 Å². The molecule has 0 N–H and O–H groups in total. The molecule has 0 radical (unpaired) electrons. The molecule has 2 rings (SSSR count). The lowest BCUT2D eigenvalue weighted by molar-refractivity contribution is 0.414. The van der Waals surface area contributed by atoms with Gasteiger partial charge in [0.05, 0.1) is 18.2 Å². The van der Waals surface area contributed by atoms with Gasteiger partial charge in [-0.15, -0.1) is 0 Å². The highest BCUT2D eigenvalue weighted by atomic mass is 79.9. The van der Waals surface area contributed by atoms with Gasteiger partial charge in [0, 0.05) is 4.47 Å². The van der Waals surface area contributed by atoms with Crippen LogP contribution in [-0.4, -0.2) is 7.11 Å². The Morgan fingerprint density at radius 3 is 2.69 bits per heavy atom. The summed E-state index contributed by atoms with van der Waals surface area (Å²) in [6.07, 6.45) is 1.67. The number of furan rings is 1. The van der Waals surface area contributed by atoms with Crippen molar-refractivity contribution in [2.45, 2.75) is 4.83 Å². The van der Waals surface area contributed by atoms with E-state index < -0.39 is 0 Å². The monoisotopic (exact) mass is 344 g/mol.